The fourth-order valence-corrected chi connectivity index (χ4v) is 2.81. The highest BCUT2D eigenvalue weighted by Gasteiger charge is 2.07. The van der Waals surface area contributed by atoms with Crippen molar-refractivity contribution in [3.05, 3.63) is 21.3 Å². The second-order valence-corrected chi connectivity index (χ2v) is 6.85. The van der Waals surface area contributed by atoms with Crippen molar-refractivity contribution in [2.45, 2.75) is 45.7 Å². The van der Waals surface area contributed by atoms with Crippen molar-refractivity contribution in [1.29, 1.82) is 0 Å². The van der Waals surface area contributed by atoms with Gasteiger partial charge in [-0.2, -0.15) is 0 Å². The molecule has 0 amide bonds. The summed E-state index contributed by atoms with van der Waals surface area (Å²) in [6.07, 6.45) is 2.47. The van der Waals surface area contributed by atoms with E-state index >= 15 is 0 Å². The lowest BCUT2D eigenvalue weighted by Gasteiger charge is -2.21. The zero-order valence-corrected chi connectivity index (χ0v) is 13.4. The maximum absolute atomic E-state index is 5.94. The molecule has 1 atom stereocenters. The Balaban J connectivity index is 2.11. The van der Waals surface area contributed by atoms with Crippen LogP contribution < -0.4 is 5.32 Å². The Kier molecular flexibility index (Phi) is 7.23. The molecule has 4 heteroatoms. The van der Waals surface area contributed by atoms with E-state index in [1.165, 1.54) is 24.3 Å². The Morgan fingerprint density at radius 1 is 1.28 bits per heavy atom. The quantitative estimate of drug-likeness (QED) is 0.722. The summed E-state index contributed by atoms with van der Waals surface area (Å²) in [5.41, 5.74) is 0. The second kappa shape index (κ2) is 8.16. The van der Waals surface area contributed by atoms with Crippen molar-refractivity contribution in [3.63, 3.8) is 0 Å². The molecule has 18 heavy (non-hydrogen) atoms. The minimum Gasteiger partial charge on any atom is -0.309 e. The van der Waals surface area contributed by atoms with Gasteiger partial charge in [0.05, 0.1) is 4.34 Å². The van der Waals surface area contributed by atoms with E-state index in [1.807, 2.05) is 6.07 Å². The summed E-state index contributed by atoms with van der Waals surface area (Å²) in [6.45, 7) is 8.92. The van der Waals surface area contributed by atoms with E-state index in [0.29, 0.717) is 12.1 Å². The average molecular weight is 289 g/mol. The van der Waals surface area contributed by atoms with Crippen LogP contribution in [0.1, 0.15) is 44.5 Å². The van der Waals surface area contributed by atoms with Crippen LogP contribution in [0.2, 0.25) is 4.34 Å². The van der Waals surface area contributed by atoms with Crippen LogP contribution in [0.3, 0.4) is 0 Å². The Morgan fingerprint density at radius 2 is 2.00 bits per heavy atom. The first-order chi connectivity index (χ1) is 8.50. The van der Waals surface area contributed by atoms with Gasteiger partial charge in [-0.05, 0) is 65.9 Å². The number of hydrogen-bond acceptors (Lipinski definition) is 3. The first-order valence-electron chi connectivity index (χ1n) is 6.69. The molecule has 0 aliphatic heterocycles. The van der Waals surface area contributed by atoms with Gasteiger partial charge in [0.1, 0.15) is 0 Å². The van der Waals surface area contributed by atoms with Crippen LogP contribution in [0.4, 0.5) is 0 Å². The van der Waals surface area contributed by atoms with Crippen molar-refractivity contribution in [1.82, 2.24) is 10.2 Å². The highest BCUT2D eigenvalue weighted by atomic mass is 35.5. The predicted molar refractivity (Wildman–Crippen MR) is 82.7 cm³/mol. The van der Waals surface area contributed by atoms with E-state index in [2.05, 4.69) is 44.1 Å². The molecule has 1 heterocycles. The van der Waals surface area contributed by atoms with Crippen LogP contribution in [0.15, 0.2) is 12.1 Å². The number of rotatable bonds is 8. The predicted octanol–water partition coefficient (Wildman–Crippen LogP) is 4.17. The van der Waals surface area contributed by atoms with Gasteiger partial charge in [-0.15, -0.1) is 11.3 Å². The highest BCUT2D eigenvalue weighted by Crippen LogP contribution is 2.26. The van der Waals surface area contributed by atoms with Gasteiger partial charge in [0, 0.05) is 17.0 Å². The highest BCUT2D eigenvalue weighted by molar-refractivity contribution is 7.16. The smallest absolute Gasteiger partial charge is 0.0931 e. The molecule has 0 spiro atoms. The molecule has 0 saturated heterocycles. The molecule has 0 saturated carbocycles. The molecule has 0 fully saturated rings. The minimum absolute atomic E-state index is 0.408. The van der Waals surface area contributed by atoms with Crippen LogP contribution in [0, 0.1) is 0 Å². The lowest BCUT2D eigenvalue weighted by atomic mass is 10.2. The topological polar surface area (TPSA) is 15.3 Å². The third-order valence-corrected chi connectivity index (χ3v) is 4.70. The number of halogens is 1. The summed E-state index contributed by atoms with van der Waals surface area (Å²) in [6, 6.07) is 5.13. The molecule has 1 aromatic heterocycles. The Morgan fingerprint density at radius 3 is 2.56 bits per heavy atom. The summed E-state index contributed by atoms with van der Waals surface area (Å²) in [5.74, 6) is 0. The molecular formula is C14H25ClN2S. The summed E-state index contributed by atoms with van der Waals surface area (Å²) >= 11 is 7.60. The van der Waals surface area contributed by atoms with Crippen LogP contribution >= 0.6 is 22.9 Å². The van der Waals surface area contributed by atoms with Crippen molar-refractivity contribution < 1.29 is 0 Å². The molecule has 104 valence electrons. The summed E-state index contributed by atoms with van der Waals surface area (Å²) in [5, 5.41) is 3.55. The van der Waals surface area contributed by atoms with Crippen LogP contribution in [0.25, 0.3) is 0 Å². The maximum atomic E-state index is 5.94. The molecule has 0 aliphatic rings. The molecule has 1 rings (SSSR count). The summed E-state index contributed by atoms with van der Waals surface area (Å²) < 4.78 is 0.872. The number of nitrogens with one attached hydrogen (secondary N) is 1. The molecule has 1 aromatic rings. The van der Waals surface area contributed by atoms with Crippen LogP contribution in [0.5, 0.6) is 0 Å². The zero-order valence-electron chi connectivity index (χ0n) is 11.9. The van der Waals surface area contributed by atoms with Gasteiger partial charge in [-0.3, -0.25) is 0 Å². The Labute approximate surface area is 120 Å². The molecule has 2 nitrogen and oxygen atoms in total. The molecule has 0 aliphatic carbocycles. The third-order valence-electron chi connectivity index (χ3n) is 3.29. The lowest BCUT2D eigenvalue weighted by Crippen LogP contribution is -2.28. The van der Waals surface area contributed by atoms with Crippen molar-refractivity contribution in [3.8, 4) is 0 Å². The fraction of sp³-hybridized carbons (Fsp3) is 0.714. The number of thiophene rings is 1. The van der Waals surface area contributed by atoms with E-state index in [4.69, 9.17) is 11.6 Å². The maximum Gasteiger partial charge on any atom is 0.0931 e. The lowest BCUT2D eigenvalue weighted by molar-refractivity contribution is 0.267. The third kappa shape index (κ3) is 5.70. The second-order valence-electron chi connectivity index (χ2n) is 5.10. The van der Waals surface area contributed by atoms with E-state index in [9.17, 15) is 0 Å². The largest absolute Gasteiger partial charge is 0.309 e. The van der Waals surface area contributed by atoms with Gasteiger partial charge in [0.15, 0.2) is 0 Å². The molecule has 0 bridgehead atoms. The number of unbranched alkanes of at least 4 members (excludes halogenated alkanes) is 1. The first kappa shape index (κ1) is 16.0. The van der Waals surface area contributed by atoms with Gasteiger partial charge in [-0.25, -0.2) is 0 Å². The van der Waals surface area contributed by atoms with Crippen molar-refractivity contribution in [2.75, 3.05) is 20.1 Å². The number of hydrogen-bond donors (Lipinski definition) is 1. The van der Waals surface area contributed by atoms with Gasteiger partial charge >= 0.3 is 0 Å². The summed E-state index contributed by atoms with van der Waals surface area (Å²) in [7, 11) is 2.19. The molecule has 1 unspecified atom stereocenters. The minimum atomic E-state index is 0.408. The Bertz CT molecular complexity index is 338. The normalized spacial score (nSPS) is 13.5. The first-order valence-corrected chi connectivity index (χ1v) is 7.89. The van der Waals surface area contributed by atoms with Gasteiger partial charge < -0.3 is 10.2 Å². The summed E-state index contributed by atoms with van der Waals surface area (Å²) in [4.78, 5) is 3.71. The van der Waals surface area contributed by atoms with Crippen molar-refractivity contribution in [2.24, 2.45) is 0 Å². The standard InChI is InChI=1S/C14H25ClN2S/c1-11(2)17(4)10-6-5-9-16-12(3)13-7-8-14(15)18-13/h7-8,11-12,16H,5-6,9-10H2,1-4H3. The van der Waals surface area contributed by atoms with E-state index in [0.717, 1.165) is 10.9 Å². The number of nitrogens with zero attached hydrogens (tertiary/aromatic N) is 1. The van der Waals surface area contributed by atoms with E-state index < -0.39 is 0 Å². The van der Waals surface area contributed by atoms with Gasteiger partial charge in [0.2, 0.25) is 0 Å². The fourth-order valence-electron chi connectivity index (χ4n) is 1.72. The molecule has 0 radical (unpaired) electrons. The molecule has 1 N–H and O–H groups in total. The monoisotopic (exact) mass is 288 g/mol. The molecular weight excluding hydrogens is 264 g/mol. The van der Waals surface area contributed by atoms with E-state index in [1.54, 1.807) is 11.3 Å². The zero-order chi connectivity index (χ0) is 13.5. The van der Waals surface area contributed by atoms with Crippen molar-refractivity contribution >= 4 is 22.9 Å². The Hall–Kier alpha value is -0.0900. The SMILES string of the molecule is CC(NCCCCN(C)C(C)C)c1ccc(Cl)s1. The average Bonchev–Trinajstić information content (AvgIpc) is 2.74. The molecule has 0 aromatic carbocycles. The van der Waals surface area contributed by atoms with Crippen LogP contribution in [-0.4, -0.2) is 31.1 Å². The van der Waals surface area contributed by atoms with Gasteiger partial charge in [0.25, 0.3) is 0 Å². The van der Waals surface area contributed by atoms with E-state index in [-0.39, 0.29) is 0 Å². The van der Waals surface area contributed by atoms with Gasteiger partial charge in [-0.1, -0.05) is 11.6 Å². The van der Waals surface area contributed by atoms with Crippen LogP contribution in [-0.2, 0) is 0 Å².